The Labute approximate surface area is 248 Å². The molecule has 1 aromatic carbocycles. The predicted molar refractivity (Wildman–Crippen MR) is 158 cm³/mol. The molecule has 11 nitrogen and oxygen atoms in total. The second-order valence-corrected chi connectivity index (χ2v) is 12.5. The van der Waals surface area contributed by atoms with Gasteiger partial charge in [0.1, 0.15) is 11.0 Å². The molecular formula is C28H39F2N9O2S. The number of nitrogens with one attached hydrogen (secondary N) is 1. The second-order valence-electron chi connectivity index (χ2n) is 11.5. The molecule has 228 valence electrons. The van der Waals surface area contributed by atoms with Crippen molar-refractivity contribution < 1.29 is 18.4 Å². The molecule has 0 unspecified atom stereocenters. The summed E-state index contributed by atoms with van der Waals surface area (Å²) in [6.07, 6.45) is 1.88. The van der Waals surface area contributed by atoms with Gasteiger partial charge in [-0.05, 0) is 26.2 Å². The molecule has 3 aromatic rings. The number of aryl methyl sites for hydroxylation is 1. The zero-order valence-corrected chi connectivity index (χ0v) is 25.3. The number of rotatable bonds is 6. The Balaban J connectivity index is 0.000000343. The normalized spacial score (nSPS) is 18.8. The number of carbonyl (C=O) groups is 2. The molecule has 2 aliphatic rings. The van der Waals surface area contributed by atoms with E-state index in [0.29, 0.717) is 30.5 Å². The topological polar surface area (TPSA) is 135 Å². The van der Waals surface area contributed by atoms with Crippen LogP contribution in [0.25, 0.3) is 11.4 Å². The SMILES string of the molecule is CC(C)(C)c1nnc(N)s1.CCn1nc(NC(=O)[C@@H]2CCCCN2C(=O)CN2CCC(F)(F)C2)nc1-c1ccccc1. The molecule has 1 atom stereocenters. The van der Waals surface area contributed by atoms with Crippen molar-refractivity contribution >= 4 is 34.2 Å². The van der Waals surface area contributed by atoms with Gasteiger partial charge in [-0.2, -0.15) is 4.98 Å². The zero-order chi connectivity index (χ0) is 30.5. The number of anilines is 2. The molecular weight excluding hydrogens is 564 g/mol. The number of likely N-dealkylation sites (tertiary alicyclic amines) is 2. The first kappa shape index (κ1) is 31.4. The quantitative estimate of drug-likeness (QED) is 0.431. The van der Waals surface area contributed by atoms with Gasteiger partial charge in [-0.3, -0.25) is 19.8 Å². The van der Waals surface area contributed by atoms with Gasteiger partial charge in [-0.15, -0.1) is 15.3 Å². The Morgan fingerprint density at radius 2 is 1.88 bits per heavy atom. The molecule has 0 radical (unpaired) electrons. The fourth-order valence-electron chi connectivity index (χ4n) is 4.87. The van der Waals surface area contributed by atoms with Crippen LogP contribution >= 0.6 is 11.3 Å². The number of nitrogen functional groups attached to an aromatic ring is 1. The molecule has 2 amide bonds. The third-order valence-electron chi connectivity index (χ3n) is 7.05. The van der Waals surface area contributed by atoms with Crippen molar-refractivity contribution in [2.75, 3.05) is 37.2 Å². The Morgan fingerprint density at radius 3 is 2.45 bits per heavy atom. The highest BCUT2D eigenvalue weighted by molar-refractivity contribution is 7.15. The van der Waals surface area contributed by atoms with Gasteiger partial charge in [0.25, 0.3) is 5.92 Å². The number of nitrogens with zero attached hydrogens (tertiary/aromatic N) is 7. The highest BCUT2D eigenvalue weighted by Crippen LogP contribution is 2.28. The maximum atomic E-state index is 13.5. The largest absolute Gasteiger partial charge is 0.374 e. The van der Waals surface area contributed by atoms with E-state index in [0.717, 1.165) is 23.4 Å². The molecule has 2 aromatic heterocycles. The van der Waals surface area contributed by atoms with Gasteiger partial charge < -0.3 is 10.6 Å². The van der Waals surface area contributed by atoms with E-state index in [1.54, 1.807) is 4.68 Å². The molecule has 0 spiro atoms. The van der Waals surface area contributed by atoms with Gasteiger partial charge in [0.2, 0.25) is 22.9 Å². The number of nitrogens with two attached hydrogens (primary N) is 1. The minimum absolute atomic E-state index is 0.0787. The number of aromatic nitrogens is 5. The lowest BCUT2D eigenvalue weighted by Gasteiger charge is -2.35. The number of benzene rings is 1. The van der Waals surface area contributed by atoms with Crippen molar-refractivity contribution in [3.8, 4) is 11.4 Å². The zero-order valence-electron chi connectivity index (χ0n) is 24.5. The van der Waals surface area contributed by atoms with Crippen molar-refractivity contribution in [3.05, 3.63) is 35.3 Å². The lowest BCUT2D eigenvalue weighted by Crippen LogP contribution is -2.52. The van der Waals surface area contributed by atoms with E-state index in [2.05, 4.69) is 46.4 Å². The monoisotopic (exact) mass is 603 g/mol. The minimum Gasteiger partial charge on any atom is -0.374 e. The molecule has 0 aliphatic carbocycles. The molecule has 2 fully saturated rings. The van der Waals surface area contributed by atoms with Crippen LogP contribution in [0, 0.1) is 0 Å². The van der Waals surface area contributed by atoms with E-state index in [4.69, 9.17) is 5.73 Å². The predicted octanol–water partition coefficient (Wildman–Crippen LogP) is 4.04. The van der Waals surface area contributed by atoms with E-state index >= 15 is 0 Å². The van der Waals surface area contributed by atoms with Gasteiger partial charge >= 0.3 is 0 Å². The van der Waals surface area contributed by atoms with Crippen LogP contribution in [0.4, 0.5) is 19.9 Å². The Morgan fingerprint density at radius 1 is 1.14 bits per heavy atom. The van der Waals surface area contributed by atoms with E-state index in [9.17, 15) is 18.4 Å². The van der Waals surface area contributed by atoms with Crippen LogP contribution in [-0.2, 0) is 21.5 Å². The summed E-state index contributed by atoms with van der Waals surface area (Å²) < 4.78 is 28.7. The highest BCUT2D eigenvalue weighted by Gasteiger charge is 2.40. The summed E-state index contributed by atoms with van der Waals surface area (Å²) in [7, 11) is 0. The van der Waals surface area contributed by atoms with Crippen molar-refractivity contribution in [2.45, 2.75) is 77.3 Å². The molecule has 3 N–H and O–H groups in total. The summed E-state index contributed by atoms with van der Waals surface area (Å²) in [5.74, 6) is -2.56. The van der Waals surface area contributed by atoms with Crippen molar-refractivity contribution in [1.82, 2.24) is 34.8 Å². The second kappa shape index (κ2) is 13.2. The number of alkyl halides is 2. The first-order valence-corrected chi connectivity index (χ1v) is 15.0. The molecule has 42 heavy (non-hydrogen) atoms. The summed E-state index contributed by atoms with van der Waals surface area (Å²) in [6, 6.07) is 8.91. The van der Waals surface area contributed by atoms with E-state index in [1.807, 2.05) is 37.3 Å². The first-order valence-electron chi connectivity index (χ1n) is 14.2. The Hall–Kier alpha value is -3.52. The van der Waals surface area contributed by atoms with E-state index < -0.39 is 18.5 Å². The molecule has 0 bridgehead atoms. The minimum atomic E-state index is -2.75. The van der Waals surface area contributed by atoms with Crippen molar-refractivity contribution in [2.24, 2.45) is 0 Å². The lowest BCUT2D eigenvalue weighted by atomic mass is 9.98. The van der Waals surface area contributed by atoms with Gasteiger partial charge in [0.05, 0.1) is 13.1 Å². The van der Waals surface area contributed by atoms with Gasteiger partial charge in [0.15, 0.2) is 5.82 Å². The Kier molecular flexibility index (Phi) is 9.87. The molecule has 4 heterocycles. The summed E-state index contributed by atoms with van der Waals surface area (Å²) in [5.41, 5.74) is 6.39. The van der Waals surface area contributed by atoms with Crippen molar-refractivity contribution in [1.29, 1.82) is 0 Å². The number of amides is 2. The molecule has 2 aliphatic heterocycles. The lowest BCUT2D eigenvalue weighted by molar-refractivity contribution is -0.141. The number of hydrogen-bond acceptors (Lipinski definition) is 9. The smallest absolute Gasteiger partial charge is 0.261 e. The van der Waals surface area contributed by atoms with Crippen LogP contribution in [-0.4, -0.2) is 84.7 Å². The third kappa shape index (κ3) is 8.06. The van der Waals surface area contributed by atoms with Crippen LogP contribution in [0.15, 0.2) is 30.3 Å². The summed E-state index contributed by atoms with van der Waals surface area (Å²) >= 11 is 1.45. The van der Waals surface area contributed by atoms with E-state index in [1.165, 1.54) is 21.1 Å². The third-order valence-corrected chi connectivity index (χ3v) is 8.23. The number of hydrogen-bond donors (Lipinski definition) is 2. The molecule has 5 rings (SSSR count). The number of piperidine rings is 1. The maximum absolute atomic E-state index is 13.5. The van der Waals surface area contributed by atoms with Gasteiger partial charge in [-0.25, -0.2) is 13.5 Å². The molecule has 0 saturated carbocycles. The van der Waals surface area contributed by atoms with Crippen LogP contribution < -0.4 is 11.1 Å². The average molecular weight is 604 g/mol. The van der Waals surface area contributed by atoms with Crippen molar-refractivity contribution in [3.63, 3.8) is 0 Å². The number of carbonyl (C=O) groups excluding carboxylic acids is 2. The first-order chi connectivity index (χ1) is 19.9. The fourth-order valence-corrected chi connectivity index (χ4v) is 5.54. The highest BCUT2D eigenvalue weighted by atomic mass is 32.1. The van der Waals surface area contributed by atoms with Crippen LogP contribution in [0.5, 0.6) is 0 Å². The average Bonchev–Trinajstić information content (AvgIpc) is 3.67. The maximum Gasteiger partial charge on any atom is 0.261 e. The fraction of sp³-hybridized carbons (Fsp3) is 0.571. The van der Waals surface area contributed by atoms with Crippen LogP contribution in [0.1, 0.15) is 58.4 Å². The van der Waals surface area contributed by atoms with E-state index in [-0.39, 0.29) is 42.7 Å². The summed E-state index contributed by atoms with van der Waals surface area (Å²) in [6.45, 7) is 8.91. The van der Waals surface area contributed by atoms with Gasteiger partial charge in [-0.1, -0.05) is 62.4 Å². The van der Waals surface area contributed by atoms with Crippen LogP contribution in [0.3, 0.4) is 0 Å². The summed E-state index contributed by atoms with van der Waals surface area (Å²) in [4.78, 5) is 33.3. The molecule has 14 heteroatoms. The number of halogens is 2. The van der Waals surface area contributed by atoms with Gasteiger partial charge in [0, 0.05) is 37.0 Å². The standard InChI is InChI=1S/C22H28F2N6O2.C6H11N3S/c1-2-30-19(16-8-4-3-5-9-16)25-21(27-30)26-20(32)17-10-6-7-12-29(17)18(31)14-28-13-11-22(23,24)15-28;1-6(2,3)4-8-9-5(7)10-4/h3-5,8-9,17H,2,6-7,10-15H2,1H3,(H,26,27,32);1-3H3,(H2,7,9)/t17-;/m0./s1. The molecule has 2 saturated heterocycles. The summed E-state index contributed by atoms with van der Waals surface area (Å²) in [5, 5.41) is 16.3. The van der Waals surface area contributed by atoms with Crippen LogP contribution in [0.2, 0.25) is 0 Å². The Bertz CT molecular complexity index is 1360.